The number of carbonyl (C=O) groups excluding carboxylic acids is 1. The number of furan rings is 1. The van der Waals surface area contributed by atoms with Gasteiger partial charge < -0.3 is 24.7 Å². The van der Waals surface area contributed by atoms with Crippen molar-refractivity contribution in [2.45, 2.75) is 173 Å². The van der Waals surface area contributed by atoms with Gasteiger partial charge in [0.1, 0.15) is 6.26 Å². The lowest BCUT2D eigenvalue weighted by molar-refractivity contribution is -0.0786. The average Bonchev–Trinajstić information content (AvgIpc) is 3.66. The lowest BCUT2D eigenvalue weighted by Crippen LogP contribution is -2.31. The fourth-order valence-electron chi connectivity index (χ4n) is 5.70. The van der Waals surface area contributed by atoms with Gasteiger partial charge >= 0.3 is 0 Å². The maximum Gasteiger partial charge on any atom is 0.254 e. The average molecular weight is 550 g/mol. The van der Waals surface area contributed by atoms with Crippen LogP contribution in [0.3, 0.4) is 0 Å². The minimum absolute atomic E-state index is 0.0648. The van der Waals surface area contributed by atoms with E-state index < -0.39 is 6.10 Å². The highest BCUT2D eigenvalue weighted by molar-refractivity contribution is 5.93. The molecular formula is C33H59NO5. The molecule has 2 rings (SSSR count). The van der Waals surface area contributed by atoms with Crippen molar-refractivity contribution in [3.8, 4) is 0 Å². The lowest BCUT2D eigenvalue weighted by Gasteiger charge is -2.22. The summed E-state index contributed by atoms with van der Waals surface area (Å²) in [6, 6.07) is 1.68. The predicted molar refractivity (Wildman–Crippen MR) is 159 cm³/mol. The Morgan fingerprint density at radius 1 is 0.769 bits per heavy atom. The normalized spacial score (nSPS) is 18.8. The number of hydrogen-bond donors (Lipinski definition) is 3. The quantitative estimate of drug-likeness (QED) is 0.107. The highest BCUT2D eigenvalue weighted by Gasteiger charge is 2.33. The van der Waals surface area contributed by atoms with Crippen molar-refractivity contribution in [2.24, 2.45) is 0 Å². The zero-order valence-corrected chi connectivity index (χ0v) is 24.9. The Morgan fingerprint density at radius 3 is 1.69 bits per heavy atom. The Bertz CT molecular complexity index is 694. The molecule has 0 aromatic carbocycles. The summed E-state index contributed by atoms with van der Waals surface area (Å²) in [4.78, 5) is 11.8. The molecule has 4 atom stereocenters. The first-order valence-corrected chi connectivity index (χ1v) is 16.4. The third-order valence-corrected chi connectivity index (χ3v) is 8.29. The SMILES string of the molecule is CCCCCCCCCCCC[C@@H](O)[C@H]1CC[C@H]([C@H](O)CCCCCCCCCCNC(=O)c2ccoc2)O1. The van der Waals surface area contributed by atoms with Crippen LogP contribution in [0.25, 0.3) is 0 Å². The molecule has 0 saturated carbocycles. The van der Waals surface area contributed by atoms with Crippen LogP contribution in [-0.4, -0.2) is 47.1 Å². The molecule has 1 aliphatic heterocycles. The Labute approximate surface area is 238 Å². The van der Waals surface area contributed by atoms with Gasteiger partial charge in [-0.15, -0.1) is 0 Å². The van der Waals surface area contributed by atoms with Gasteiger partial charge in [-0.1, -0.05) is 116 Å². The van der Waals surface area contributed by atoms with Crippen LogP contribution < -0.4 is 5.32 Å². The first kappa shape index (κ1) is 33.8. The Morgan fingerprint density at radius 2 is 1.23 bits per heavy atom. The summed E-state index contributed by atoms with van der Waals surface area (Å²) >= 11 is 0. The van der Waals surface area contributed by atoms with Crippen molar-refractivity contribution in [3.05, 3.63) is 24.2 Å². The standard InChI is InChI=1S/C33H59NO5/c1-2-3-4-5-6-7-8-11-14-17-20-29(35)31-22-23-32(39-31)30(36)21-18-15-12-9-10-13-16-19-25-34-33(37)28-24-26-38-27-28/h24,26-27,29-32,35-36H,2-23,25H2,1H3,(H,34,37)/t29-,30-,31-,32-/m1/s1. The first-order chi connectivity index (χ1) is 19.1. The van der Waals surface area contributed by atoms with Gasteiger partial charge in [0.25, 0.3) is 5.91 Å². The lowest BCUT2D eigenvalue weighted by atomic mass is 10.00. The molecule has 1 aromatic rings. The molecular weight excluding hydrogens is 490 g/mol. The van der Waals surface area contributed by atoms with E-state index in [2.05, 4.69) is 12.2 Å². The Balaban J connectivity index is 1.36. The number of aliphatic hydroxyl groups excluding tert-OH is 2. The van der Waals surface area contributed by atoms with Crippen molar-refractivity contribution in [1.82, 2.24) is 5.32 Å². The topological polar surface area (TPSA) is 91.9 Å². The van der Waals surface area contributed by atoms with Crippen molar-refractivity contribution in [3.63, 3.8) is 0 Å². The minimum Gasteiger partial charge on any atom is -0.472 e. The van der Waals surface area contributed by atoms with Crippen LogP contribution >= 0.6 is 0 Å². The molecule has 0 unspecified atom stereocenters. The molecule has 1 aliphatic rings. The first-order valence-electron chi connectivity index (χ1n) is 16.4. The minimum atomic E-state index is -0.406. The van der Waals surface area contributed by atoms with Crippen LogP contribution in [0.5, 0.6) is 0 Å². The van der Waals surface area contributed by atoms with Gasteiger partial charge in [-0.25, -0.2) is 0 Å². The second kappa shape index (κ2) is 22.3. The van der Waals surface area contributed by atoms with E-state index in [9.17, 15) is 15.0 Å². The van der Waals surface area contributed by atoms with E-state index in [0.717, 1.165) is 57.8 Å². The maximum absolute atomic E-state index is 11.8. The second-order valence-electron chi connectivity index (χ2n) is 11.8. The number of aliphatic hydroxyl groups is 2. The van der Waals surface area contributed by atoms with Crippen LogP contribution in [0.15, 0.2) is 23.0 Å². The monoisotopic (exact) mass is 549 g/mol. The molecule has 2 heterocycles. The molecule has 226 valence electrons. The fourth-order valence-corrected chi connectivity index (χ4v) is 5.70. The Hall–Kier alpha value is -1.37. The molecule has 0 spiro atoms. The van der Waals surface area contributed by atoms with E-state index in [0.29, 0.717) is 12.1 Å². The smallest absolute Gasteiger partial charge is 0.254 e. The summed E-state index contributed by atoms with van der Waals surface area (Å²) < 4.78 is 11.0. The summed E-state index contributed by atoms with van der Waals surface area (Å²) in [6.45, 7) is 2.97. The second-order valence-corrected chi connectivity index (χ2v) is 11.8. The fraction of sp³-hybridized carbons (Fsp3) is 0.848. The molecule has 6 nitrogen and oxygen atoms in total. The van der Waals surface area contributed by atoms with Gasteiger partial charge in [0, 0.05) is 6.54 Å². The highest BCUT2D eigenvalue weighted by Crippen LogP contribution is 2.28. The number of hydrogen-bond acceptors (Lipinski definition) is 5. The van der Waals surface area contributed by atoms with E-state index >= 15 is 0 Å². The zero-order valence-electron chi connectivity index (χ0n) is 24.9. The van der Waals surface area contributed by atoms with E-state index in [1.807, 2.05) is 0 Å². The number of amides is 1. The van der Waals surface area contributed by atoms with Crippen molar-refractivity contribution < 1.29 is 24.2 Å². The van der Waals surface area contributed by atoms with Gasteiger partial charge in [-0.3, -0.25) is 4.79 Å². The molecule has 1 fully saturated rings. The van der Waals surface area contributed by atoms with Gasteiger partial charge in [0.15, 0.2) is 0 Å². The predicted octanol–water partition coefficient (Wildman–Crippen LogP) is 8.10. The Kier molecular flexibility index (Phi) is 19.4. The number of ether oxygens (including phenoxy) is 1. The third kappa shape index (κ3) is 15.9. The van der Waals surface area contributed by atoms with Crippen molar-refractivity contribution in [2.75, 3.05) is 6.54 Å². The number of unbranched alkanes of at least 4 members (excludes halogenated alkanes) is 16. The summed E-state index contributed by atoms with van der Waals surface area (Å²) in [5, 5.41) is 24.1. The molecule has 0 aliphatic carbocycles. The summed E-state index contributed by atoms with van der Waals surface area (Å²) in [6.07, 6.45) is 27.6. The van der Waals surface area contributed by atoms with Gasteiger partial charge in [0.2, 0.25) is 0 Å². The maximum atomic E-state index is 11.8. The highest BCUT2D eigenvalue weighted by atomic mass is 16.5. The van der Waals surface area contributed by atoms with E-state index in [1.54, 1.807) is 6.07 Å². The van der Waals surface area contributed by atoms with E-state index in [-0.39, 0.29) is 24.2 Å². The molecule has 1 amide bonds. The third-order valence-electron chi connectivity index (χ3n) is 8.29. The van der Waals surface area contributed by atoms with Crippen molar-refractivity contribution in [1.29, 1.82) is 0 Å². The van der Waals surface area contributed by atoms with Crippen LogP contribution in [0.4, 0.5) is 0 Å². The van der Waals surface area contributed by atoms with Crippen LogP contribution in [0, 0.1) is 0 Å². The molecule has 39 heavy (non-hydrogen) atoms. The molecule has 0 radical (unpaired) electrons. The van der Waals surface area contributed by atoms with E-state index in [4.69, 9.17) is 9.15 Å². The molecule has 6 heteroatoms. The largest absolute Gasteiger partial charge is 0.472 e. The summed E-state index contributed by atoms with van der Waals surface area (Å²) in [5.74, 6) is -0.0648. The summed E-state index contributed by atoms with van der Waals surface area (Å²) in [5.41, 5.74) is 0.580. The van der Waals surface area contributed by atoms with Gasteiger partial charge in [-0.05, 0) is 38.2 Å². The zero-order chi connectivity index (χ0) is 28.0. The van der Waals surface area contributed by atoms with Crippen LogP contribution in [0.2, 0.25) is 0 Å². The number of nitrogens with one attached hydrogen (secondary N) is 1. The molecule has 1 aromatic heterocycles. The van der Waals surface area contributed by atoms with E-state index in [1.165, 1.54) is 96.0 Å². The number of rotatable bonds is 25. The van der Waals surface area contributed by atoms with Gasteiger partial charge in [0.05, 0.1) is 36.2 Å². The molecule has 0 bridgehead atoms. The van der Waals surface area contributed by atoms with Gasteiger partial charge in [-0.2, -0.15) is 0 Å². The summed E-state index contributed by atoms with van der Waals surface area (Å²) in [7, 11) is 0. The number of carbonyl (C=O) groups is 1. The molecule has 3 N–H and O–H groups in total. The van der Waals surface area contributed by atoms with Crippen molar-refractivity contribution >= 4 is 5.91 Å². The van der Waals surface area contributed by atoms with Crippen LogP contribution in [0.1, 0.15) is 159 Å². The molecule has 1 saturated heterocycles. The van der Waals surface area contributed by atoms with Crippen LogP contribution in [-0.2, 0) is 4.74 Å².